The number of hydrogen-bond acceptors (Lipinski definition) is 3. The monoisotopic (exact) mass is 252 g/mol. The SMILES string of the molecule is Oc1ccccc1N1CCN(C/C=C/Cl)CC1. The van der Waals surface area contributed by atoms with Gasteiger partial charge in [-0.05, 0) is 12.1 Å². The largest absolute Gasteiger partial charge is 0.506 e. The summed E-state index contributed by atoms with van der Waals surface area (Å²) in [6, 6.07) is 7.50. The maximum atomic E-state index is 9.79. The van der Waals surface area contributed by atoms with Crippen molar-refractivity contribution in [3.63, 3.8) is 0 Å². The number of halogens is 1. The van der Waals surface area contributed by atoms with Gasteiger partial charge in [0, 0.05) is 38.3 Å². The van der Waals surface area contributed by atoms with Crippen molar-refractivity contribution in [2.75, 3.05) is 37.6 Å². The van der Waals surface area contributed by atoms with Crippen LogP contribution in [0.1, 0.15) is 0 Å². The van der Waals surface area contributed by atoms with Gasteiger partial charge >= 0.3 is 0 Å². The van der Waals surface area contributed by atoms with Crippen LogP contribution in [0.5, 0.6) is 5.75 Å². The van der Waals surface area contributed by atoms with Crippen molar-refractivity contribution >= 4 is 17.3 Å². The molecule has 1 saturated heterocycles. The van der Waals surface area contributed by atoms with Crippen molar-refractivity contribution in [2.45, 2.75) is 0 Å². The summed E-state index contributed by atoms with van der Waals surface area (Å²) in [5.74, 6) is 0.363. The zero-order chi connectivity index (χ0) is 12.1. The fourth-order valence-corrected chi connectivity index (χ4v) is 2.17. The first-order chi connectivity index (χ1) is 8.31. The van der Waals surface area contributed by atoms with E-state index >= 15 is 0 Å². The number of para-hydroxylation sites is 2. The zero-order valence-corrected chi connectivity index (χ0v) is 10.5. The topological polar surface area (TPSA) is 26.7 Å². The summed E-state index contributed by atoms with van der Waals surface area (Å²) < 4.78 is 0. The highest BCUT2D eigenvalue weighted by molar-refractivity contribution is 6.25. The highest BCUT2D eigenvalue weighted by Gasteiger charge is 2.17. The van der Waals surface area contributed by atoms with E-state index in [0.29, 0.717) is 5.75 Å². The Hall–Kier alpha value is -1.19. The highest BCUT2D eigenvalue weighted by Crippen LogP contribution is 2.26. The maximum Gasteiger partial charge on any atom is 0.138 e. The summed E-state index contributed by atoms with van der Waals surface area (Å²) in [6.45, 7) is 4.77. The molecule has 1 aliphatic rings. The molecule has 17 heavy (non-hydrogen) atoms. The fraction of sp³-hybridized carbons (Fsp3) is 0.385. The van der Waals surface area contributed by atoms with Crippen molar-refractivity contribution in [1.29, 1.82) is 0 Å². The summed E-state index contributed by atoms with van der Waals surface area (Å²) in [5, 5.41) is 9.79. The predicted molar refractivity (Wildman–Crippen MR) is 71.8 cm³/mol. The van der Waals surface area contributed by atoms with E-state index in [9.17, 15) is 5.11 Å². The van der Waals surface area contributed by atoms with Crippen LogP contribution >= 0.6 is 11.6 Å². The molecule has 1 heterocycles. The zero-order valence-electron chi connectivity index (χ0n) is 9.72. The molecule has 1 aromatic rings. The molecule has 0 unspecified atom stereocenters. The molecule has 0 bridgehead atoms. The standard InChI is InChI=1S/C13H17ClN2O/c14-6-3-7-15-8-10-16(11-9-15)12-4-1-2-5-13(12)17/h1-6,17H,7-11H2/b6-3+. The molecule has 1 N–H and O–H groups in total. The van der Waals surface area contributed by atoms with Gasteiger partial charge in [0.15, 0.2) is 0 Å². The molecule has 1 fully saturated rings. The number of benzene rings is 1. The van der Waals surface area contributed by atoms with Gasteiger partial charge < -0.3 is 10.0 Å². The predicted octanol–water partition coefficient (Wildman–Crippen LogP) is 2.27. The summed E-state index contributed by atoms with van der Waals surface area (Å²) in [6.07, 6.45) is 1.96. The Kier molecular flexibility index (Phi) is 4.29. The number of nitrogens with zero attached hydrogens (tertiary/aromatic N) is 2. The molecular weight excluding hydrogens is 236 g/mol. The van der Waals surface area contributed by atoms with Gasteiger partial charge in [-0.15, -0.1) is 0 Å². The minimum atomic E-state index is 0.363. The van der Waals surface area contributed by atoms with Gasteiger partial charge in [0.1, 0.15) is 5.75 Å². The molecule has 1 aromatic carbocycles. The minimum Gasteiger partial charge on any atom is -0.506 e. The first-order valence-corrected chi connectivity index (χ1v) is 6.25. The van der Waals surface area contributed by atoms with E-state index < -0.39 is 0 Å². The van der Waals surface area contributed by atoms with Crippen LogP contribution in [0.2, 0.25) is 0 Å². The number of hydrogen-bond donors (Lipinski definition) is 1. The third-order valence-electron chi connectivity index (χ3n) is 3.05. The third-order valence-corrected chi connectivity index (χ3v) is 3.23. The number of aromatic hydroxyl groups is 1. The molecular formula is C13H17ClN2O. The van der Waals surface area contributed by atoms with Gasteiger partial charge in [-0.1, -0.05) is 29.8 Å². The van der Waals surface area contributed by atoms with Gasteiger partial charge in [0.05, 0.1) is 5.69 Å². The van der Waals surface area contributed by atoms with Gasteiger partial charge in [-0.25, -0.2) is 0 Å². The first-order valence-electron chi connectivity index (χ1n) is 5.82. The van der Waals surface area contributed by atoms with Crippen molar-refractivity contribution < 1.29 is 5.11 Å². The Labute approximate surface area is 107 Å². The molecule has 0 saturated carbocycles. The van der Waals surface area contributed by atoms with Crippen molar-refractivity contribution in [3.8, 4) is 5.75 Å². The highest BCUT2D eigenvalue weighted by atomic mass is 35.5. The summed E-state index contributed by atoms with van der Waals surface area (Å²) in [7, 11) is 0. The number of piperazine rings is 1. The van der Waals surface area contributed by atoms with E-state index in [-0.39, 0.29) is 0 Å². The quantitative estimate of drug-likeness (QED) is 0.894. The lowest BCUT2D eigenvalue weighted by Gasteiger charge is -2.35. The van der Waals surface area contributed by atoms with Crippen molar-refractivity contribution in [1.82, 2.24) is 4.90 Å². The third kappa shape index (κ3) is 3.14. The number of rotatable bonds is 3. The number of anilines is 1. The van der Waals surface area contributed by atoms with E-state index in [4.69, 9.17) is 11.6 Å². The van der Waals surface area contributed by atoms with Crippen LogP contribution in [0, 0.1) is 0 Å². The molecule has 0 aromatic heterocycles. The van der Waals surface area contributed by atoms with Crippen LogP contribution in [-0.4, -0.2) is 42.7 Å². The average molecular weight is 253 g/mol. The van der Waals surface area contributed by atoms with Crippen LogP contribution in [-0.2, 0) is 0 Å². The van der Waals surface area contributed by atoms with Gasteiger partial charge in [-0.3, -0.25) is 4.90 Å². The number of phenolic OH excluding ortho intramolecular Hbond substituents is 1. The molecule has 0 amide bonds. The van der Waals surface area contributed by atoms with E-state index in [1.54, 1.807) is 11.6 Å². The van der Waals surface area contributed by atoms with Crippen molar-refractivity contribution in [2.24, 2.45) is 0 Å². The molecule has 0 aliphatic carbocycles. The smallest absolute Gasteiger partial charge is 0.138 e. The molecule has 3 nitrogen and oxygen atoms in total. The normalized spacial score (nSPS) is 17.8. The van der Waals surface area contributed by atoms with E-state index in [2.05, 4.69) is 9.80 Å². The molecule has 4 heteroatoms. The second-order valence-corrected chi connectivity index (χ2v) is 4.39. The number of phenols is 1. The fourth-order valence-electron chi connectivity index (χ4n) is 2.09. The van der Waals surface area contributed by atoms with E-state index in [1.807, 2.05) is 24.3 Å². The van der Waals surface area contributed by atoms with Crippen LogP contribution < -0.4 is 4.90 Å². The van der Waals surface area contributed by atoms with Gasteiger partial charge in [-0.2, -0.15) is 0 Å². The van der Waals surface area contributed by atoms with Crippen molar-refractivity contribution in [3.05, 3.63) is 35.9 Å². The Morgan fingerprint density at radius 2 is 1.88 bits per heavy atom. The lowest BCUT2D eigenvalue weighted by Crippen LogP contribution is -2.46. The average Bonchev–Trinajstić information content (AvgIpc) is 2.38. The summed E-state index contributed by atoms with van der Waals surface area (Å²) >= 11 is 5.52. The van der Waals surface area contributed by atoms with E-state index in [1.165, 1.54) is 0 Å². The second kappa shape index (κ2) is 5.94. The first kappa shape index (κ1) is 12.3. The minimum absolute atomic E-state index is 0.363. The Morgan fingerprint density at radius 3 is 2.53 bits per heavy atom. The molecule has 92 valence electrons. The van der Waals surface area contributed by atoms with Crippen LogP contribution in [0.25, 0.3) is 0 Å². The van der Waals surface area contributed by atoms with Gasteiger partial charge in [0.2, 0.25) is 0 Å². The molecule has 2 rings (SSSR count). The Bertz CT molecular complexity index is 387. The lowest BCUT2D eigenvalue weighted by molar-refractivity contribution is 0.283. The maximum absolute atomic E-state index is 9.79. The van der Waals surface area contributed by atoms with Gasteiger partial charge in [0.25, 0.3) is 0 Å². The van der Waals surface area contributed by atoms with Crippen LogP contribution in [0.15, 0.2) is 35.9 Å². The van der Waals surface area contributed by atoms with Crippen LogP contribution in [0.4, 0.5) is 5.69 Å². The summed E-state index contributed by atoms with van der Waals surface area (Å²) in [5.41, 5.74) is 2.50. The van der Waals surface area contributed by atoms with Crippen LogP contribution in [0.3, 0.4) is 0 Å². The summed E-state index contributed by atoms with van der Waals surface area (Å²) in [4.78, 5) is 4.56. The molecule has 1 aliphatic heterocycles. The Balaban J connectivity index is 1.93. The lowest BCUT2D eigenvalue weighted by atomic mass is 10.2. The Morgan fingerprint density at radius 1 is 1.18 bits per heavy atom. The molecule has 0 spiro atoms. The van der Waals surface area contributed by atoms with E-state index in [0.717, 1.165) is 38.4 Å². The second-order valence-electron chi connectivity index (χ2n) is 4.14. The molecule has 0 radical (unpaired) electrons. The molecule has 0 atom stereocenters.